The fourth-order valence-electron chi connectivity index (χ4n) is 0.928. The van der Waals surface area contributed by atoms with Crippen LogP contribution in [0.25, 0.3) is 0 Å². The van der Waals surface area contributed by atoms with E-state index in [0.717, 1.165) is 0 Å². The Morgan fingerprint density at radius 3 is 2.64 bits per heavy atom. The Hall–Kier alpha value is -1.16. The highest BCUT2D eigenvalue weighted by atomic mass is 35.5. The minimum Gasteiger partial charge on any atom is -0.497 e. The largest absolute Gasteiger partial charge is 0.497 e. The van der Waals surface area contributed by atoms with E-state index in [1.54, 1.807) is 6.07 Å². The van der Waals surface area contributed by atoms with Crippen molar-refractivity contribution in [3.05, 3.63) is 29.8 Å². The van der Waals surface area contributed by atoms with E-state index in [0.29, 0.717) is 5.75 Å². The van der Waals surface area contributed by atoms with Gasteiger partial charge in [-0.15, -0.1) is 0 Å². The van der Waals surface area contributed by atoms with E-state index < -0.39 is 11.2 Å². The summed E-state index contributed by atoms with van der Waals surface area (Å²) in [6.07, 6.45) is 0. The lowest BCUT2D eigenvalue weighted by molar-refractivity contribution is 0.0536. The van der Waals surface area contributed by atoms with Gasteiger partial charge in [0, 0.05) is 5.56 Å². The summed E-state index contributed by atoms with van der Waals surface area (Å²) in [5, 5.41) is -3.87. The number of benzene rings is 1. The first-order valence-electron chi connectivity index (χ1n) is 3.70. The van der Waals surface area contributed by atoms with Crippen LogP contribution >= 0.6 is 11.6 Å². The summed E-state index contributed by atoms with van der Waals surface area (Å²) in [4.78, 5) is 11.0. The van der Waals surface area contributed by atoms with E-state index in [4.69, 9.17) is 4.74 Å². The summed E-state index contributed by atoms with van der Waals surface area (Å²) in [6, 6.07) is 5.44. The topological polar surface area (TPSA) is 26.3 Å². The zero-order valence-corrected chi connectivity index (χ0v) is 8.02. The molecular weight excluding hydrogens is 214 g/mol. The van der Waals surface area contributed by atoms with Crippen LogP contribution < -0.4 is 4.74 Å². The Labute approximate surface area is 84.4 Å². The lowest BCUT2D eigenvalue weighted by atomic mass is 10.1. The van der Waals surface area contributed by atoms with Crippen molar-refractivity contribution in [2.24, 2.45) is 0 Å². The van der Waals surface area contributed by atoms with Crippen molar-refractivity contribution in [1.82, 2.24) is 0 Å². The van der Waals surface area contributed by atoms with Crippen LogP contribution in [0.2, 0.25) is 0 Å². The molecule has 1 rings (SSSR count). The SMILES string of the molecule is COc1cccc(C(=O)C(F)(F)Cl)c1. The number of hydrogen-bond acceptors (Lipinski definition) is 2. The summed E-state index contributed by atoms with van der Waals surface area (Å²) in [6.45, 7) is 0. The zero-order chi connectivity index (χ0) is 10.8. The second-order valence-corrected chi connectivity index (χ2v) is 3.03. The normalized spacial score (nSPS) is 11.1. The molecule has 1 aromatic rings. The maximum absolute atomic E-state index is 12.4. The first-order chi connectivity index (χ1) is 6.45. The molecule has 0 N–H and O–H groups in total. The zero-order valence-electron chi connectivity index (χ0n) is 7.26. The number of hydrogen-bond donors (Lipinski definition) is 0. The summed E-state index contributed by atoms with van der Waals surface area (Å²) in [5.41, 5.74) is -0.177. The second kappa shape index (κ2) is 3.92. The molecule has 0 bridgehead atoms. The molecular formula is C9H7ClF2O2. The van der Waals surface area contributed by atoms with E-state index in [-0.39, 0.29) is 5.56 Å². The fourth-order valence-corrected chi connectivity index (χ4v) is 1.04. The number of carbonyl (C=O) groups is 1. The second-order valence-electron chi connectivity index (χ2n) is 2.56. The highest BCUT2D eigenvalue weighted by molar-refractivity contribution is 6.35. The number of ether oxygens (including phenoxy) is 1. The monoisotopic (exact) mass is 220 g/mol. The molecule has 0 spiro atoms. The average molecular weight is 221 g/mol. The van der Waals surface area contributed by atoms with Crippen LogP contribution in [0.3, 0.4) is 0 Å². The van der Waals surface area contributed by atoms with Crippen molar-refractivity contribution >= 4 is 17.4 Å². The van der Waals surface area contributed by atoms with Crippen LogP contribution in [0, 0.1) is 0 Å². The Morgan fingerprint density at radius 2 is 2.14 bits per heavy atom. The molecule has 0 aliphatic carbocycles. The third-order valence-electron chi connectivity index (χ3n) is 1.59. The summed E-state index contributed by atoms with van der Waals surface area (Å²) >= 11 is 4.59. The molecule has 0 saturated carbocycles. The number of methoxy groups -OCH3 is 1. The quantitative estimate of drug-likeness (QED) is 0.578. The molecule has 0 aromatic heterocycles. The van der Waals surface area contributed by atoms with Crippen molar-refractivity contribution in [2.45, 2.75) is 5.38 Å². The molecule has 0 aliphatic heterocycles. The summed E-state index contributed by atoms with van der Waals surface area (Å²) < 4.78 is 29.6. The van der Waals surface area contributed by atoms with Crippen molar-refractivity contribution in [2.75, 3.05) is 7.11 Å². The van der Waals surface area contributed by atoms with Gasteiger partial charge in [-0.2, -0.15) is 8.78 Å². The molecule has 0 atom stereocenters. The maximum Gasteiger partial charge on any atom is 0.384 e. The van der Waals surface area contributed by atoms with Gasteiger partial charge in [0.2, 0.25) is 5.78 Å². The molecule has 1 aromatic carbocycles. The maximum atomic E-state index is 12.4. The van der Waals surface area contributed by atoms with Crippen LogP contribution in [0.4, 0.5) is 8.78 Å². The van der Waals surface area contributed by atoms with Crippen LogP contribution in [-0.2, 0) is 0 Å². The molecule has 0 saturated heterocycles. The average Bonchev–Trinajstić information content (AvgIpc) is 2.15. The lowest BCUT2D eigenvalue weighted by Crippen LogP contribution is -2.21. The highest BCUT2D eigenvalue weighted by Crippen LogP contribution is 2.25. The van der Waals surface area contributed by atoms with E-state index in [1.165, 1.54) is 25.3 Å². The summed E-state index contributed by atoms with van der Waals surface area (Å²) in [5.74, 6) is -1.10. The van der Waals surface area contributed by atoms with E-state index in [1.807, 2.05) is 0 Å². The van der Waals surface area contributed by atoms with Gasteiger partial charge in [-0.3, -0.25) is 4.79 Å². The molecule has 76 valence electrons. The third kappa shape index (κ3) is 2.42. The van der Waals surface area contributed by atoms with Crippen molar-refractivity contribution in [3.63, 3.8) is 0 Å². The lowest BCUT2D eigenvalue weighted by Gasteiger charge is -2.07. The molecule has 5 heteroatoms. The molecule has 2 nitrogen and oxygen atoms in total. The van der Waals surface area contributed by atoms with Gasteiger partial charge in [0.25, 0.3) is 0 Å². The van der Waals surface area contributed by atoms with Crippen molar-refractivity contribution < 1.29 is 18.3 Å². The number of ketones is 1. The smallest absolute Gasteiger partial charge is 0.384 e. The molecule has 0 aliphatic rings. The van der Waals surface area contributed by atoms with Gasteiger partial charge in [-0.05, 0) is 23.7 Å². The standard InChI is InChI=1S/C9H7ClF2O2/c1-14-7-4-2-3-6(5-7)8(13)9(10,11)12/h2-5H,1H3. The predicted molar refractivity (Wildman–Crippen MR) is 48.1 cm³/mol. The first-order valence-corrected chi connectivity index (χ1v) is 4.08. The van der Waals surface area contributed by atoms with Crippen LogP contribution in [0.15, 0.2) is 24.3 Å². The van der Waals surface area contributed by atoms with Gasteiger partial charge in [-0.1, -0.05) is 12.1 Å². The Bertz CT molecular complexity index is 347. The molecule has 0 amide bonds. The highest BCUT2D eigenvalue weighted by Gasteiger charge is 2.36. The Kier molecular flexibility index (Phi) is 3.06. The van der Waals surface area contributed by atoms with E-state index >= 15 is 0 Å². The Morgan fingerprint density at radius 1 is 1.50 bits per heavy atom. The van der Waals surface area contributed by atoms with Crippen molar-refractivity contribution in [1.29, 1.82) is 0 Å². The van der Waals surface area contributed by atoms with E-state index in [9.17, 15) is 13.6 Å². The summed E-state index contributed by atoms with van der Waals surface area (Å²) in [7, 11) is 1.38. The van der Waals surface area contributed by atoms with Gasteiger partial charge in [0.1, 0.15) is 5.75 Å². The van der Waals surface area contributed by atoms with Crippen molar-refractivity contribution in [3.8, 4) is 5.75 Å². The van der Waals surface area contributed by atoms with Gasteiger partial charge in [0.05, 0.1) is 7.11 Å². The van der Waals surface area contributed by atoms with Gasteiger partial charge in [-0.25, -0.2) is 0 Å². The first kappa shape index (κ1) is 10.9. The van der Waals surface area contributed by atoms with Crippen LogP contribution in [0.1, 0.15) is 10.4 Å². The van der Waals surface area contributed by atoms with Crippen LogP contribution in [0.5, 0.6) is 5.75 Å². The number of halogens is 3. The molecule has 0 heterocycles. The molecule has 0 unspecified atom stereocenters. The number of Topliss-reactive ketones (excluding diaryl/α,β-unsaturated/α-hetero) is 1. The minimum absolute atomic E-state index is 0.177. The Balaban J connectivity index is 3.02. The third-order valence-corrected chi connectivity index (χ3v) is 1.76. The van der Waals surface area contributed by atoms with Gasteiger partial charge >= 0.3 is 5.38 Å². The number of rotatable bonds is 3. The molecule has 0 radical (unpaired) electrons. The molecule has 0 fully saturated rings. The van der Waals surface area contributed by atoms with Crippen LogP contribution in [-0.4, -0.2) is 18.3 Å². The molecule has 14 heavy (non-hydrogen) atoms. The van der Waals surface area contributed by atoms with E-state index in [2.05, 4.69) is 11.6 Å². The number of carbonyl (C=O) groups excluding carboxylic acids is 1. The fraction of sp³-hybridized carbons (Fsp3) is 0.222. The van der Waals surface area contributed by atoms with Gasteiger partial charge < -0.3 is 4.74 Å². The number of alkyl halides is 3. The van der Waals surface area contributed by atoms with Gasteiger partial charge in [0.15, 0.2) is 0 Å². The minimum atomic E-state index is -3.87. The predicted octanol–water partition coefficient (Wildman–Crippen LogP) is 2.71.